The van der Waals surface area contributed by atoms with Gasteiger partial charge in [0.05, 0.1) is 7.11 Å². The standard InChI is InChI=1S/C15H30N2O2/c1-6-14(2,3)17(4)11-9-12-8-7-10-15(12,16)13(18)19-5/h12H,6-11,16H2,1-5H3. The molecule has 1 aliphatic carbocycles. The van der Waals surface area contributed by atoms with Gasteiger partial charge in [-0.25, -0.2) is 0 Å². The van der Waals surface area contributed by atoms with Gasteiger partial charge >= 0.3 is 5.97 Å². The van der Waals surface area contributed by atoms with Gasteiger partial charge in [-0.15, -0.1) is 0 Å². The molecule has 0 radical (unpaired) electrons. The number of rotatable bonds is 6. The highest BCUT2D eigenvalue weighted by Crippen LogP contribution is 2.37. The van der Waals surface area contributed by atoms with E-state index < -0.39 is 5.54 Å². The van der Waals surface area contributed by atoms with E-state index in [0.29, 0.717) is 0 Å². The lowest BCUT2D eigenvalue weighted by Gasteiger charge is -2.37. The van der Waals surface area contributed by atoms with Gasteiger partial charge in [0.25, 0.3) is 0 Å². The maximum absolute atomic E-state index is 11.9. The maximum Gasteiger partial charge on any atom is 0.326 e. The Kier molecular flexibility index (Phi) is 5.39. The number of hydrogen-bond donors (Lipinski definition) is 1. The fourth-order valence-electron chi connectivity index (χ4n) is 2.89. The fourth-order valence-corrected chi connectivity index (χ4v) is 2.89. The summed E-state index contributed by atoms with van der Waals surface area (Å²) < 4.78 is 4.89. The topological polar surface area (TPSA) is 55.6 Å². The van der Waals surface area contributed by atoms with Gasteiger partial charge in [-0.1, -0.05) is 13.3 Å². The average molecular weight is 270 g/mol. The lowest BCUT2D eigenvalue weighted by atomic mass is 9.85. The summed E-state index contributed by atoms with van der Waals surface area (Å²) in [5.41, 5.74) is 5.73. The van der Waals surface area contributed by atoms with E-state index in [1.54, 1.807) is 0 Å². The number of esters is 1. The zero-order valence-corrected chi connectivity index (χ0v) is 13.2. The molecule has 2 N–H and O–H groups in total. The number of hydrogen-bond acceptors (Lipinski definition) is 4. The molecule has 0 heterocycles. The van der Waals surface area contributed by atoms with E-state index in [2.05, 4.69) is 32.7 Å². The quantitative estimate of drug-likeness (QED) is 0.752. The molecule has 0 spiro atoms. The molecule has 2 unspecified atom stereocenters. The first-order chi connectivity index (χ1) is 8.78. The molecule has 4 nitrogen and oxygen atoms in total. The van der Waals surface area contributed by atoms with E-state index in [1.807, 2.05) is 0 Å². The number of carbonyl (C=O) groups is 1. The van der Waals surface area contributed by atoms with Crippen molar-refractivity contribution in [2.24, 2.45) is 11.7 Å². The summed E-state index contributed by atoms with van der Waals surface area (Å²) in [5.74, 6) is 0.00228. The van der Waals surface area contributed by atoms with Gasteiger partial charge in [-0.2, -0.15) is 0 Å². The van der Waals surface area contributed by atoms with Crippen LogP contribution in [0.5, 0.6) is 0 Å². The number of ether oxygens (including phenoxy) is 1. The van der Waals surface area contributed by atoms with Crippen LogP contribution in [0.3, 0.4) is 0 Å². The molecule has 2 atom stereocenters. The predicted octanol–water partition coefficient (Wildman–Crippen LogP) is 2.17. The Bertz CT molecular complexity index is 317. The van der Waals surface area contributed by atoms with Gasteiger partial charge in [0.2, 0.25) is 0 Å². The van der Waals surface area contributed by atoms with Crippen molar-refractivity contribution in [1.29, 1.82) is 0 Å². The van der Waals surface area contributed by atoms with Crippen molar-refractivity contribution in [2.75, 3.05) is 20.7 Å². The molecule has 0 bridgehead atoms. The first-order valence-electron chi connectivity index (χ1n) is 7.36. The van der Waals surface area contributed by atoms with Crippen molar-refractivity contribution in [3.8, 4) is 0 Å². The Labute approximate surface area is 117 Å². The normalized spacial score (nSPS) is 27.8. The summed E-state index contributed by atoms with van der Waals surface area (Å²) in [5, 5.41) is 0. The van der Waals surface area contributed by atoms with Crippen LogP contribution in [0.4, 0.5) is 0 Å². The minimum atomic E-state index is -0.758. The summed E-state index contributed by atoms with van der Waals surface area (Å²) in [6.45, 7) is 7.67. The second kappa shape index (κ2) is 6.23. The van der Waals surface area contributed by atoms with Gasteiger partial charge in [0, 0.05) is 5.54 Å². The fraction of sp³-hybridized carbons (Fsp3) is 0.933. The van der Waals surface area contributed by atoms with E-state index in [9.17, 15) is 4.79 Å². The zero-order valence-electron chi connectivity index (χ0n) is 13.2. The smallest absolute Gasteiger partial charge is 0.326 e. The second-order valence-electron chi connectivity index (χ2n) is 6.50. The van der Waals surface area contributed by atoms with Gasteiger partial charge in [-0.05, 0) is 59.0 Å². The van der Waals surface area contributed by atoms with E-state index in [-0.39, 0.29) is 17.4 Å². The van der Waals surface area contributed by atoms with Crippen LogP contribution in [0.15, 0.2) is 0 Å². The molecule has 0 aromatic rings. The van der Waals surface area contributed by atoms with E-state index in [0.717, 1.165) is 38.6 Å². The van der Waals surface area contributed by atoms with Crippen molar-refractivity contribution >= 4 is 5.97 Å². The van der Waals surface area contributed by atoms with Gasteiger partial charge in [0.15, 0.2) is 0 Å². The highest BCUT2D eigenvalue weighted by atomic mass is 16.5. The SMILES string of the molecule is CCC(C)(C)N(C)CCC1CCCC1(N)C(=O)OC. The van der Waals surface area contributed by atoms with E-state index in [1.165, 1.54) is 7.11 Å². The summed E-state index contributed by atoms with van der Waals surface area (Å²) in [6.07, 6.45) is 4.89. The van der Waals surface area contributed by atoms with Gasteiger partial charge < -0.3 is 15.4 Å². The molecule has 1 saturated carbocycles. The minimum absolute atomic E-state index is 0.196. The third-order valence-corrected chi connectivity index (χ3v) is 5.15. The van der Waals surface area contributed by atoms with Crippen LogP contribution in [0, 0.1) is 5.92 Å². The molecule has 112 valence electrons. The Balaban J connectivity index is 2.60. The van der Waals surface area contributed by atoms with E-state index >= 15 is 0 Å². The Hall–Kier alpha value is -0.610. The van der Waals surface area contributed by atoms with Crippen LogP contribution in [0.1, 0.15) is 52.9 Å². The third kappa shape index (κ3) is 3.48. The number of nitrogens with zero attached hydrogens (tertiary/aromatic N) is 1. The zero-order chi connectivity index (χ0) is 14.7. The molecule has 1 fully saturated rings. The number of nitrogens with two attached hydrogens (primary N) is 1. The van der Waals surface area contributed by atoms with Crippen molar-refractivity contribution in [2.45, 2.75) is 64.0 Å². The molecule has 1 aliphatic rings. The molecule has 19 heavy (non-hydrogen) atoms. The van der Waals surface area contributed by atoms with Crippen LogP contribution in [0.25, 0.3) is 0 Å². The minimum Gasteiger partial charge on any atom is -0.468 e. The molecule has 0 aromatic heterocycles. The van der Waals surface area contributed by atoms with Crippen molar-refractivity contribution < 1.29 is 9.53 Å². The summed E-state index contributed by atoms with van der Waals surface area (Å²) in [4.78, 5) is 14.2. The van der Waals surface area contributed by atoms with Gasteiger partial charge in [-0.3, -0.25) is 4.79 Å². The summed E-state index contributed by atoms with van der Waals surface area (Å²) in [6, 6.07) is 0. The van der Waals surface area contributed by atoms with E-state index in [4.69, 9.17) is 10.5 Å². The van der Waals surface area contributed by atoms with Crippen LogP contribution in [-0.4, -0.2) is 42.6 Å². The maximum atomic E-state index is 11.9. The van der Waals surface area contributed by atoms with Crippen molar-refractivity contribution in [3.05, 3.63) is 0 Å². The Morgan fingerprint density at radius 3 is 2.68 bits per heavy atom. The highest BCUT2D eigenvalue weighted by molar-refractivity contribution is 5.81. The van der Waals surface area contributed by atoms with Crippen LogP contribution in [-0.2, 0) is 9.53 Å². The first kappa shape index (κ1) is 16.4. The molecular weight excluding hydrogens is 240 g/mol. The Morgan fingerprint density at radius 1 is 1.53 bits per heavy atom. The van der Waals surface area contributed by atoms with Crippen LogP contribution < -0.4 is 5.73 Å². The highest BCUT2D eigenvalue weighted by Gasteiger charge is 2.46. The first-order valence-corrected chi connectivity index (χ1v) is 7.36. The molecule has 0 aromatic carbocycles. The molecule has 4 heteroatoms. The largest absolute Gasteiger partial charge is 0.468 e. The second-order valence-corrected chi connectivity index (χ2v) is 6.50. The summed E-state index contributed by atoms with van der Waals surface area (Å²) in [7, 11) is 3.58. The summed E-state index contributed by atoms with van der Waals surface area (Å²) >= 11 is 0. The lowest BCUT2D eigenvalue weighted by Crippen LogP contribution is -2.52. The molecule has 0 aliphatic heterocycles. The lowest BCUT2D eigenvalue weighted by molar-refractivity contribution is -0.148. The average Bonchev–Trinajstić information content (AvgIpc) is 2.77. The monoisotopic (exact) mass is 270 g/mol. The number of methoxy groups -OCH3 is 1. The van der Waals surface area contributed by atoms with Gasteiger partial charge in [0.1, 0.15) is 5.54 Å². The molecule has 1 rings (SSSR count). The van der Waals surface area contributed by atoms with Crippen molar-refractivity contribution in [3.63, 3.8) is 0 Å². The van der Waals surface area contributed by atoms with Crippen molar-refractivity contribution in [1.82, 2.24) is 4.90 Å². The van der Waals surface area contributed by atoms with Crippen LogP contribution in [0.2, 0.25) is 0 Å². The number of carbonyl (C=O) groups excluding carboxylic acids is 1. The molecule has 0 amide bonds. The molecule has 0 saturated heterocycles. The predicted molar refractivity (Wildman–Crippen MR) is 77.9 cm³/mol. The third-order valence-electron chi connectivity index (χ3n) is 5.15. The Morgan fingerprint density at radius 2 is 2.16 bits per heavy atom. The molecular formula is C15H30N2O2. The van der Waals surface area contributed by atoms with Crippen LogP contribution >= 0.6 is 0 Å².